The summed E-state index contributed by atoms with van der Waals surface area (Å²) in [5, 5.41) is 18.3. The van der Waals surface area contributed by atoms with E-state index < -0.39 is 11.7 Å². The van der Waals surface area contributed by atoms with Gasteiger partial charge in [-0.1, -0.05) is 6.07 Å². The van der Waals surface area contributed by atoms with Gasteiger partial charge in [0.25, 0.3) is 5.91 Å². The summed E-state index contributed by atoms with van der Waals surface area (Å²) in [4.78, 5) is 20.7. The molecule has 9 heteroatoms. The molecule has 2 N–H and O–H groups in total. The minimum atomic E-state index is -0.684. The number of nitrogens with one attached hydrogen (secondary N) is 2. The molecule has 3 aromatic rings. The Hall–Kier alpha value is -3.80. The van der Waals surface area contributed by atoms with E-state index in [2.05, 4.69) is 25.7 Å². The number of hydrogen-bond donors (Lipinski definition) is 2. The van der Waals surface area contributed by atoms with Gasteiger partial charge in [-0.2, -0.15) is 10.4 Å². The second-order valence-corrected chi connectivity index (χ2v) is 6.83. The molecule has 0 radical (unpaired) electrons. The van der Waals surface area contributed by atoms with Crippen molar-refractivity contribution in [3.05, 3.63) is 53.7 Å². The fourth-order valence-electron chi connectivity index (χ4n) is 2.93. The standard InChI is InChI=1S/C20H18FN7O/c1-12-9-24-20(26-14-10-25-28(11-14)15-3-4-15)27-18(12)13-2-5-16(17(21)8-13)19(29)23-7-6-22/h2,5,8-11,15H,3-4,7H2,1H3,(H,23,29)(H,24,26,27). The number of carbonyl (C=O) groups excluding carboxylic acids is 1. The van der Waals surface area contributed by atoms with E-state index in [9.17, 15) is 9.18 Å². The van der Waals surface area contributed by atoms with E-state index in [0.717, 1.165) is 24.1 Å². The molecular weight excluding hydrogens is 373 g/mol. The highest BCUT2D eigenvalue weighted by Gasteiger charge is 2.24. The van der Waals surface area contributed by atoms with Gasteiger partial charge < -0.3 is 10.6 Å². The average Bonchev–Trinajstić information content (AvgIpc) is 3.46. The molecule has 0 atom stereocenters. The first-order valence-corrected chi connectivity index (χ1v) is 9.15. The topological polar surface area (TPSA) is 109 Å². The number of aryl methyl sites for hydroxylation is 1. The zero-order valence-corrected chi connectivity index (χ0v) is 15.7. The number of aromatic nitrogens is 4. The van der Waals surface area contributed by atoms with Crippen LogP contribution in [-0.4, -0.2) is 32.2 Å². The maximum atomic E-state index is 14.5. The molecule has 0 spiro atoms. The highest BCUT2D eigenvalue weighted by Crippen LogP contribution is 2.34. The number of hydrogen-bond acceptors (Lipinski definition) is 6. The lowest BCUT2D eigenvalue weighted by Gasteiger charge is -2.10. The van der Waals surface area contributed by atoms with E-state index in [0.29, 0.717) is 23.2 Å². The van der Waals surface area contributed by atoms with E-state index >= 15 is 0 Å². The van der Waals surface area contributed by atoms with Crippen LogP contribution in [0.2, 0.25) is 0 Å². The van der Waals surface area contributed by atoms with Gasteiger partial charge in [0.1, 0.15) is 12.4 Å². The second kappa shape index (κ2) is 7.67. The highest BCUT2D eigenvalue weighted by molar-refractivity contribution is 5.95. The predicted octanol–water partition coefficient (Wildman–Crippen LogP) is 3.12. The van der Waals surface area contributed by atoms with Crippen LogP contribution in [-0.2, 0) is 0 Å². The van der Waals surface area contributed by atoms with Crippen molar-refractivity contribution in [2.75, 3.05) is 11.9 Å². The predicted molar refractivity (Wildman–Crippen MR) is 104 cm³/mol. The van der Waals surface area contributed by atoms with Crippen LogP contribution in [0.3, 0.4) is 0 Å². The molecule has 0 aliphatic heterocycles. The quantitative estimate of drug-likeness (QED) is 0.625. The van der Waals surface area contributed by atoms with Gasteiger partial charge in [-0.15, -0.1) is 0 Å². The maximum Gasteiger partial charge on any atom is 0.255 e. The van der Waals surface area contributed by atoms with Gasteiger partial charge in [0.05, 0.1) is 35.3 Å². The lowest BCUT2D eigenvalue weighted by molar-refractivity contribution is 0.0954. The van der Waals surface area contributed by atoms with E-state index in [4.69, 9.17) is 5.26 Å². The Balaban J connectivity index is 1.57. The molecule has 0 saturated heterocycles. The molecule has 1 fully saturated rings. The number of nitriles is 1. The molecule has 8 nitrogen and oxygen atoms in total. The third-order valence-electron chi connectivity index (χ3n) is 4.57. The summed E-state index contributed by atoms with van der Waals surface area (Å²) in [6.45, 7) is 1.65. The van der Waals surface area contributed by atoms with Gasteiger partial charge in [-0.25, -0.2) is 14.4 Å². The smallest absolute Gasteiger partial charge is 0.255 e. The third-order valence-corrected chi connectivity index (χ3v) is 4.57. The van der Waals surface area contributed by atoms with Crippen molar-refractivity contribution >= 4 is 17.5 Å². The monoisotopic (exact) mass is 391 g/mol. The Bertz CT molecular complexity index is 1110. The zero-order chi connectivity index (χ0) is 20.4. The Morgan fingerprint density at radius 1 is 1.38 bits per heavy atom. The van der Waals surface area contributed by atoms with Gasteiger partial charge in [-0.05, 0) is 37.5 Å². The summed E-state index contributed by atoms with van der Waals surface area (Å²) < 4.78 is 16.4. The van der Waals surface area contributed by atoms with Gasteiger partial charge in [0.2, 0.25) is 5.95 Å². The van der Waals surface area contributed by atoms with E-state index in [1.54, 1.807) is 24.5 Å². The Labute approximate surface area is 166 Å². The lowest BCUT2D eigenvalue weighted by atomic mass is 10.0. The lowest BCUT2D eigenvalue weighted by Crippen LogP contribution is -2.24. The summed E-state index contributed by atoms with van der Waals surface area (Å²) in [7, 11) is 0. The molecule has 1 saturated carbocycles. The molecule has 146 valence electrons. The fourth-order valence-corrected chi connectivity index (χ4v) is 2.93. The zero-order valence-electron chi connectivity index (χ0n) is 15.7. The minimum Gasteiger partial charge on any atom is -0.339 e. The number of amides is 1. The van der Waals surface area contributed by atoms with Gasteiger partial charge >= 0.3 is 0 Å². The van der Waals surface area contributed by atoms with Crippen molar-refractivity contribution in [2.24, 2.45) is 0 Å². The number of nitrogens with zero attached hydrogens (tertiary/aromatic N) is 5. The SMILES string of the molecule is Cc1cnc(Nc2cnn(C3CC3)c2)nc1-c1ccc(C(=O)NCC#N)c(F)c1. The summed E-state index contributed by atoms with van der Waals surface area (Å²) in [5.41, 5.74) is 2.50. The first-order chi connectivity index (χ1) is 14.0. The molecular formula is C20H18FN7O. The molecule has 0 bridgehead atoms. The van der Waals surface area contributed by atoms with Crippen molar-refractivity contribution in [1.29, 1.82) is 5.26 Å². The van der Waals surface area contributed by atoms with Crippen LogP contribution in [0.1, 0.15) is 34.8 Å². The fraction of sp³-hybridized carbons (Fsp3) is 0.250. The minimum absolute atomic E-state index is 0.124. The molecule has 0 unspecified atom stereocenters. The largest absolute Gasteiger partial charge is 0.339 e. The van der Waals surface area contributed by atoms with E-state index in [1.807, 2.05) is 17.8 Å². The molecule has 4 rings (SSSR count). The van der Waals surface area contributed by atoms with E-state index in [-0.39, 0.29) is 12.1 Å². The van der Waals surface area contributed by atoms with Gasteiger partial charge in [-0.3, -0.25) is 9.48 Å². The molecule has 2 heterocycles. The molecule has 29 heavy (non-hydrogen) atoms. The van der Waals surface area contributed by atoms with Crippen molar-refractivity contribution in [3.8, 4) is 17.3 Å². The van der Waals surface area contributed by atoms with Gasteiger partial charge in [0.15, 0.2) is 0 Å². The maximum absolute atomic E-state index is 14.5. The van der Waals surface area contributed by atoms with E-state index in [1.165, 1.54) is 12.1 Å². The molecule has 1 aromatic carbocycles. The number of carbonyl (C=O) groups is 1. The van der Waals surface area contributed by atoms with Crippen LogP contribution in [0.5, 0.6) is 0 Å². The van der Waals surface area contributed by atoms with Crippen molar-refractivity contribution in [2.45, 2.75) is 25.8 Å². The number of anilines is 2. The summed E-state index contributed by atoms with van der Waals surface area (Å²) in [6, 6.07) is 6.52. The molecule has 1 amide bonds. The van der Waals surface area contributed by atoms with Crippen LogP contribution in [0, 0.1) is 24.1 Å². The summed E-state index contributed by atoms with van der Waals surface area (Å²) in [6.07, 6.45) is 7.57. The van der Waals surface area contributed by atoms with Crippen LogP contribution < -0.4 is 10.6 Å². The normalized spacial score (nSPS) is 13.0. The number of benzene rings is 1. The summed E-state index contributed by atoms with van der Waals surface area (Å²) in [5.74, 6) is -0.946. The first-order valence-electron chi connectivity index (χ1n) is 9.15. The van der Waals surface area contributed by atoms with Crippen LogP contribution >= 0.6 is 0 Å². The van der Waals surface area contributed by atoms with Crippen molar-refractivity contribution < 1.29 is 9.18 Å². The summed E-state index contributed by atoms with van der Waals surface area (Å²) >= 11 is 0. The molecule has 1 aliphatic rings. The third kappa shape index (κ3) is 4.06. The average molecular weight is 391 g/mol. The van der Waals surface area contributed by atoms with Crippen LogP contribution in [0.15, 0.2) is 36.8 Å². The number of halogens is 1. The Kier molecular flexibility index (Phi) is 4.91. The van der Waals surface area contributed by atoms with Crippen LogP contribution in [0.4, 0.5) is 16.0 Å². The Morgan fingerprint density at radius 3 is 2.93 bits per heavy atom. The second-order valence-electron chi connectivity index (χ2n) is 6.83. The first kappa shape index (κ1) is 18.6. The van der Waals surface area contributed by atoms with Crippen molar-refractivity contribution in [1.82, 2.24) is 25.1 Å². The highest BCUT2D eigenvalue weighted by atomic mass is 19.1. The Morgan fingerprint density at radius 2 is 2.21 bits per heavy atom. The van der Waals surface area contributed by atoms with Crippen molar-refractivity contribution in [3.63, 3.8) is 0 Å². The number of rotatable bonds is 6. The molecule has 2 aromatic heterocycles. The van der Waals surface area contributed by atoms with Gasteiger partial charge in [0, 0.05) is 18.0 Å². The molecule has 1 aliphatic carbocycles. The van der Waals surface area contributed by atoms with Crippen LogP contribution in [0.25, 0.3) is 11.3 Å².